The molecule has 0 aliphatic heterocycles. The molecule has 0 fully saturated rings. The Labute approximate surface area is 93.0 Å². The van der Waals surface area contributed by atoms with Gasteiger partial charge in [-0.3, -0.25) is 4.79 Å². The van der Waals surface area contributed by atoms with Crippen LogP contribution in [0.1, 0.15) is 26.7 Å². The first-order chi connectivity index (χ1) is 6.90. The highest BCUT2D eigenvalue weighted by Gasteiger charge is 2.19. The molecule has 0 rings (SSSR count). The van der Waals surface area contributed by atoms with Crippen LogP contribution in [0.4, 0.5) is 0 Å². The van der Waals surface area contributed by atoms with Crippen LogP contribution in [0, 0.1) is 0 Å². The van der Waals surface area contributed by atoms with Gasteiger partial charge in [0.25, 0.3) is 0 Å². The van der Waals surface area contributed by atoms with Crippen molar-refractivity contribution in [2.24, 2.45) is 0 Å². The first kappa shape index (κ1) is 14.4. The highest BCUT2D eigenvalue weighted by atomic mass is 16.5. The second kappa shape index (κ2) is 6.80. The quantitative estimate of drug-likeness (QED) is 0.506. The third-order valence-electron chi connectivity index (χ3n) is 2.73. The van der Waals surface area contributed by atoms with Gasteiger partial charge in [0.2, 0.25) is 0 Å². The van der Waals surface area contributed by atoms with E-state index in [1.807, 2.05) is 0 Å². The third-order valence-corrected chi connectivity index (χ3v) is 2.73. The van der Waals surface area contributed by atoms with Crippen molar-refractivity contribution in [3.05, 3.63) is 0 Å². The molecule has 0 heterocycles. The summed E-state index contributed by atoms with van der Waals surface area (Å²) in [5.41, 5.74) is 0.144. The molecular formula is C11H24N2O2. The molecule has 0 aromatic carbocycles. The standard InChI is InChI=1S/C11H24N2O2/c1-11(2,13(3)4)9-12-8-6-7-10(14)15-5/h12H,6-9H2,1-5H3. The molecule has 0 atom stereocenters. The number of carbonyl (C=O) groups is 1. The first-order valence-electron chi connectivity index (χ1n) is 5.35. The van der Waals surface area contributed by atoms with Crippen molar-refractivity contribution in [1.82, 2.24) is 10.2 Å². The van der Waals surface area contributed by atoms with E-state index >= 15 is 0 Å². The maximum absolute atomic E-state index is 10.8. The number of methoxy groups -OCH3 is 1. The van der Waals surface area contributed by atoms with Crippen LogP contribution in [0.15, 0.2) is 0 Å². The lowest BCUT2D eigenvalue weighted by molar-refractivity contribution is -0.140. The lowest BCUT2D eigenvalue weighted by Crippen LogP contribution is -2.46. The molecular weight excluding hydrogens is 192 g/mol. The van der Waals surface area contributed by atoms with Gasteiger partial charge in [-0.25, -0.2) is 0 Å². The fourth-order valence-electron chi connectivity index (χ4n) is 1.01. The molecule has 0 unspecified atom stereocenters. The number of hydrogen-bond acceptors (Lipinski definition) is 4. The van der Waals surface area contributed by atoms with Crippen LogP contribution < -0.4 is 5.32 Å². The second-order valence-corrected chi connectivity index (χ2v) is 4.56. The largest absolute Gasteiger partial charge is 0.469 e. The van der Waals surface area contributed by atoms with Gasteiger partial charge in [0, 0.05) is 18.5 Å². The van der Waals surface area contributed by atoms with Gasteiger partial charge in [-0.2, -0.15) is 0 Å². The Morgan fingerprint density at radius 2 is 2.00 bits per heavy atom. The lowest BCUT2D eigenvalue weighted by Gasteiger charge is -2.32. The smallest absolute Gasteiger partial charge is 0.305 e. The number of rotatable bonds is 7. The average molecular weight is 216 g/mol. The summed E-state index contributed by atoms with van der Waals surface area (Å²) >= 11 is 0. The Balaban J connectivity index is 3.50. The Morgan fingerprint density at radius 3 is 2.47 bits per heavy atom. The molecule has 0 aliphatic rings. The van der Waals surface area contributed by atoms with E-state index in [-0.39, 0.29) is 11.5 Å². The van der Waals surface area contributed by atoms with Crippen LogP contribution >= 0.6 is 0 Å². The van der Waals surface area contributed by atoms with E-state index in [4.69, 9.17) is 0 Å². The topological polar surface area (TPSA) is 41.6 Å². The number of nitrogens with zero attached hydrogens (tertiary/aromatic N) is 1. The monoisotopic (exact) mass is 216 g/mol. The molecule has 0 amide bonds. The van der Waals surface area contributed by atoms with Crippen LogP contribution in [0.25, 0.3) is 0 Å². The first-order valence-corrected chi connectivity index (χ1v) is 5.35. The van der Waals surface area contributed by atoms with Crippen LogP contribution in [0.5, 0.6) is 0 Å². The third kappa shape index (κ3) is 6.47. The van der Waals surface area contributed by atoms with Gasteiger partial charge in [-0.1, -0.05) is 0 Å². The van der Waals surface area contributed by atoms with E-state index < -0.39 is 0 Å². The molecule has 0 saturated carbocycles. The summed E-state index contributed by atoms with van der Waals surface area (Å²) in [5.74, 6) is -0.135. The Kier molecular flexibility index (Phi) is 6.52. The van der Waals surface area contributed by atoms with E-state index in [9.17, 15) is 4.79 Å². The summed E-state index contributed by atoms with van der Waals surface area (Å²) in [7, 11) is 5.55. The number of esters is 1. The van der Waals surface area contributed by atoms with Gasteiger partial charge in [-0.05, 0) is 40.9 Å². The average Bonchev–Trinajstić information content (AvgIpc) is 2.16. The van der Waals surface area contributed by atoms with E-state index in [0.29, 0.717) is 6.42 Å². The minimum Gasteiger partial charge on any atom is -0.469 e. The van der Waals surface area contributed by atoms with E-state index in [0.717, 1.165) is 19.5 Å². The normalized spacial score (nSPS) is 11.9. The minimum absolute atomic E-state index is 0.135. The molecule has 0 radical (unpaired) electrons. The maximum Gasteiger partial charge on any atom is 0.305 e. The molecule has 0 aliphatic carbocycles. The number of nitrogens with one attached hydrogen (secondary N) is 1. The van der Waals surface area contributed by atoms with Gasteiger partial charge >= 0.3 is 5.97 Å². The molecule has 0 bridgehead atoms. The molecule has 0 aromatic rings. The number of likely N-dealkylation sites (N-methyl/N-ethyl adjacent to an activating group) is 1. The predicted molar refractivity (Wildman–Crippen MR) is 61.9 cm³/mol. The summed E-state index contributed by atoms with van der Waals surface area (Å²) in [5, 5.41) is 3.34. The van der Waals surface area contributed by atoms with Crippen LogP contribution in [0.3, 0.4) is 0 Å². The van der Waals surface area contributed by atoms with Crippen LogP contribution in [-0.4, -0.2) is 50.7 Å². The summed E-state index contributed by atoms with van der Waals surface area (Å²) in [6, 6.07) is 0. The summed E-state index contributed by atoms with van der Waals surface area (Å²) < 4.78 is 4.56. The zero-order valence-electron chi connectivity index (χ0n) is 10.6. The van der Waals surface area contributed by atoms with Gasteiger partial charge in [0.15, 0.2) is 0 Å². The van der Waals surface area contributed by atoms with Gasteiger partial charge in [0.1, 0.15) is 0 Å². The predicted octanol–water partition coefficient (Wildman–Crippen LogP) is 0.869. The molecule has 4 nitrogen and oxygen atoms in total. The van der Waals surface area contributed by atoms with E-state index in [2.05, 4.69) is 42.9 Å². The number of ether oxygens (including phenoxy) is 1. The van der Waals surface area contributed by atoms with Crippen molar-refractivity contribution >= 4 is 5.97 Å². The van der Waals surface area contributed by atoms with Crippen LogP contribution in [0.2, 0.25) is 0 Å². The fraction of sp³-hybridized carbons (Fsp3) is 0.909. The summed E-state index contributed by atoms with van der Waals surface area (Å²) in [6.07, 6.45) is 1.32. The molecule has 4 heteroatoms. The number of carbonyl (C=O) groups excluding carboxylic acids is 1. The molecule has 0 saturated heterocycles. The molecule has 0 spiro atoms. The molecule has 0 aromatic heterocycles. The van der Waals surface area contributed by atoms with Gasteiger partial charge in [0.05, 0.1) is 7.11 Å². The summed E-state index contributed by atoms with van der Waals surface area (Å²) in [4.78, 5) is 13.0. The highest BCUT2D eigenvalue weighted by Crippen LogP contribution is 2.07. The van der Waals surface area contributed by atoms with Crippen molar-refractivity contribution in [1.29, 1.82) is 0 Å². The fourth-order valence-corrected chi connectivity index (χ4v) is 1.01. The second-order valence-electron chi connectivity index (χ2n) is 4.56. The molecule has 1 N–H and O–H groups in total. The lowest BCUT2D eigenvalue weighted by atomic mass is 10.0. The highest BCUT2D eigenvalue weighted by molar-refractivity contribution is 5.69. The van der Waals surface area contributed by atoms with E-state index in [1.54, 1.807) is 0 Å². The van der Waals surface area contributed by atoms with Crippen molar-refractivity contribution in [2.45, 2.75) is 32.2 Å². The number of hydrogen-bond donors (Lipinski definition) is 1. The van der Waals surface area contributed by atoms with E-state index in [1.165, 1.54) is 7.11 Å². The zero-order valence-corrected chi connectivity index (χ0v) is 10.6. The van der Waals surface area contributed by atoms with Crippen molar-refractivity contribution in [2.75, 3.05) is 34.3 Å². The van der Waals surface area contributed by atoms with Crippen LogP contribution in [-0.2, 0) is 9.53 Å². The molecule has 15 heavy (non-hydrogen) atoms. The van der Waals surface area contributed by atoms with Gasteiger partial charge in [-0.15, -0.1) is 0 Å². The zero-order chi connectivity index (χ0) is 11.9. The van der Waals surface area contributed by atoms with Crippen molar-refractivity contribution in [3.8, 4) is 0 Å². The summed E-state index contributed by atoms with van der Waals surface area (Å²) in [6.45, 7) is 6.13. The Hall–Kier alpha value is -0.610. The molecule has 90 valence electrons. The van der Waals surface area contributed by atoms with Crippen molar-refractivity contribution in [3.63, 3.8) is 0 Å². The SMILES string of the molecule is COC(=O)CCCNCC(C)(C)N(C)C. The van der Waals surface area contributed by atoms with Gasteiger partial charge < -0.3 is 15.0 Å². The Bertz CT molecular complexity index is 191. The van der Waals surface area contributed by atoms with Crippen molar-refractivity contribution < 1.29 is 9.53 Å². The Morgan fingerprint density at radius 1 is 1.40 bits per heavy atom. The minimum atomic E-state index is -0.135. The maximum atomic E-state index is 10.8.